The normalized spacial score (nSPS) is 36.8. The highest BCUT2D eigenvalue weighted by Gasteiger charge is 2.27. The van der Waals surface area contributed by atoms with Gasteiger partial charge in [-0.25, -0.2) is 0 Å². The second kappa shape index (κ2) is 2.46. The molecule has 2 atom stereocenters. The Hall–Kier alpha value is -0.0800. The molecule has 0 aromatic rings. The maximum Gasteiger partial charge on any atom is -0.00457 e. The molecule has 0 heterocycles. The van der Waals surface area contributed by atoms with E-state index in [9.17, 15) is 0 Å². The van der Waals surface area contributed by atoms with Crippen molar-refractivity contribution in [3.63, 3.8) is 0 Å². The van der Waals surface area contributed by atoms with E-state index in [4.69, 9.17) is 11.5 Å². The van der Waals surface area contributed by atoms with Crippen LogP contribution in [0.4, 0.5) is 0 Å². The Balaban J connectivity index is 2.16. The third kappa shape index (κ3) is 0.858. The Morgan fingerprint density at radius 3 is 1.50 bits per heavy atom. The topological polar surface area (TPSA) is 52.0 Å². The van der Waals surface area contributed by atoms with Gasteiger partial charge in [-0.05, 0) is 37.8 Å². The Labute approximate surface area is 50.2 Å². The maximum atomic E-state index is 5.44. The fourth-order valence-corrected chi connectivity index (χ4v) is 1.26. The molecule has 0 amide bonds. The van der Waals surface area contributed by atoms with Crippen molar-refractivity contribution in [3.05, 3.63) is 0 Å². The first-order valence-electron chi connectivity index (χ1n) is 3.28. The van der Waals surface area contributed by atoms with Crippen molar-refractivity contribution in [1.29, 1.82) is 0 Å². The lowest BCUT2D eigenvalue weighted by Gasteiger charge is -2.34. The Morgan fingerprint density at radius 2 is 1.38 bits per heavy atom. The molecule has 2 heteroatoms. The molecular weight excluding hydrogens is 100 g/mol. The summed E-state index contributed by atoms with van der Waals surface area (Å²) in [4.78, 5) is 0. The van der Waals surface area contributed by atoms with Crippen molar-refractivity contribution >= 4 is 0 Å². The molecule has 1 aliphatic carbocycles. The molecule has 0 unspecified atom stereocenters. The van der Waals surface area contributed by atoms with Crippen LogP contribution >= 0.6 is 0 Å². The fourth-order valence-electron chi connectivity index (χ4n) is 1.26. The van der Waals surface area contributed by atoms with Gasteiger partial charge in [-0.1, -0.05) is 0 Å². The third-order valence-corrected chi connectivity index (χ3v) is 2.18. The zero-order chi connectivity index (χ0) is 5.98. The van der Waals surface area contributed by atoms with E-state index in [2.05, 4.69) is 0 Å². The number of hydrogen-bond acceptors (Lipinski definition) is 2. The minimum Gasteiger partial charge on any atom is -0.330 e. The Kier molecular flexibility index (Phi) is 1.86. The van der Waals surface area contributed by atoms with E-state index in [0.717, 1.165) is 24.9 Å². The summed E-state index contributed by atoms with van der Waals surface area (Å²) in [6.45, 7) is 1.67. The van der Waals surface area contributed by atoms with Crippen LogP contribution in [-0.2, 0) is 0 Å². The molecule has 0 spiro atoms. The fraction of sp³-hybridized carbons (Fsp3) is 1.00. The first-order chi connectivity index (χ1) is 3.88. The molecule has 1 fully saturated rings. The summed E-state index contributed by atoms with van der Waals surface area (Å²) < 4.78 is 0. The molecule has 1 rings (SSSR count). The lowest BCUT2D eigenvalue weighted by molar-refractivity contribution is 0.192. The average Bonchev–Trinajstić information content (AvgIpc) is 1.66. The van der Waals surface area contributed by atoms with Crippen LogP contribution in [0.15, 0.2) is 0 Å². The maximum absolute atomic E-state index is 5.44. The highest BCUT2D eigenvalue weighted by atomic mass is 14.6. The van der Waals surface area contributed by atoms with Crippen LogP contribution in [0.1, 0.15) is 12.8 Å². The average molecular weight is 114 g/mol. The second-order valence-electron chi connectivity index (χ2n) is 2.57. The third-order valence-electron chi connectivity index (χ3n) is 2.18. The largest absolute Gasteiger partial charge is 0.330 e. The van der Waals surface area contributed by atoms with Crippen LogP contribution in [0.2, 0.25) is 0 Å². The van der Waals surface area contributed by atoms with E-state index in [1.165, 1.54) is 12.8 Å². The smallest absolute Gasteiger partial charge is 0.00457 e. The van der Waals surface area contributed by atoms with Gasteiger partial charge in [0, 0.05) is 0 Å². The first-order valence-corrected chi connectivity index (χ1v) is 3.28. The van der Waals surface area contributed by atoms with Gasteiger partial charge in [0.15, 0.2) is 0 Å². The monoisotopic (exact) mass is 114 g/mol. The zero-order valence-corrected chi connectivity index (χ0v) is 5.14. The Bertz CT molecular complexity index is 58.9. The van der Waals surface area contributed by atoms with Crippen LogP contribution in [0.5, 0.6) is 0 Å². The molecule has 0 saturated heterocycles. The van der Waals surface area contributed by atoms with Gasteiger partial charge >= 0.3 is 0 Å². The predicted molar refractivity (Wildman–Crippen MR) is 34.3 cm³/mol. The van der Waals surface area contributed by atoms with Crippen LogP contribution < -0.4 is 11.5 Å². The van der Waals surface area contributed by atoms with Gasteiger partial charge in [-0.3, -0.25) is 0 Å². The van der Waals surface area contributed by atoms with E-state index in [-0.39, 0.29) is 0 Å². The van der Waals surface area contributed by atoms with E-state index < -0.39 is 0 Å². The number of hydrogen-bond donors (Lipinski definition) is 2. The summed E-state index contributed by atoms with van der Waals surface area (Å²) >= 11 is 0. The van der Waals surface area contributed by atoms with Crippen LogP contribution in [0.3, 0.4) is 0 Å². The molecule has 1 aliphatic rings. The summed E-state index contributed by atoms with van der Waals surface area (Å²) in [5.74, 6) is 1.50. The summed E-state index contributed by atoms with van der Waals surface area (Å²) in [6, 6.07) is 0. The van der Waals surface area contributed by atoms with Gasteiger partial charge in [0.2, 0.25) is 0 Å². The van der Waals surface area contributed by atoms with Crippen LogP contribution in [0, 0.1) is 11.8 Å². The lowest BCUT2D eigenvalue weighted by Crippen LogP contribution is -2.36. The SMILES string of the molecule is NC[C@@H]1CC[C@H]1CN. The molecule has 2 nitrogen and oxygen atoms in total. The molecule has 48 valence electrons. The van der Waals surface area contributed by atoms with Gasteiger partial charge < -0.3 is 11.5 Å². The molecule has 1 saturated carbocycles. The lowest BCUT2D eigenvalue weighted by atomic mass is 9.74. The quantitative estimate of drug-likeness (QED) is 0.528. The van der Waals surface area contributed by atoms with Crippen molar-refractivity contribution in [2.24, 2.45) is 23.3 Å². The van der Waals surface area contributed by atoms with Crippen molar-refractivity contribution in [3.8, 4) is 0 Å². The molecule has 0 bridgehead atoms. The van der Waals surface area contributed by atoms with E-state index in [1.807, 2.05) is 0 Å². The number of nitrogens with two attached hydrogens (primary N) is 2. The van der Waals surface area contributed by atoms with Gasteiger partial charge in [0.05, 0.1) is 0 Å². The Morgan fingerprint density at radius 1 is 1.00 bits per heavy atom. The summed E-state index contributed by atoms with van der Waals surface area (Å²) in [5.41, 5.74) is 10.9. The highest BCUT2D eigenvalue weighted by Crippen LogP contribution is 2.31. The number of rotatable bonds is 2. The molecule has 0 radical (unpaired) electrons. The molecule has 0 aromatic carbocycles. The molecule has 0 aromatic heterocycles. The highest BCUT2D eigenvalue weighted by molar-refractivity contribution is 4.81. The van der Waals surface area contributed by atoms with Gasteiger partial charge in [-0.15, -0.1) is 0 Å². The summed E-state index contributed by atoms with van der Waals surface area (Å²) in [7, 11) is 0. The van der Waals surface area contributed by atoms with Gasteiger partial charge in [-0.2, -0.15) is 0 Å². The van der Waals surface area contributed by atoms with E-state index in [0.29, 0.717) is 0 Å². The predicted octanol–water partition coefficient (Wildman–Crippen LogP) is -0.0700. The van der Waals surface area contributed by atoms with Crippen molar-refractivity contribution in [2.75, 3.05) is 13.1 Å². The van der Waals surface area contributed by atoms with Crippen LogP contribution in [-0.4, -0.2) is 13.1 Å². The standard InChI is InChI=1S/C6H14N2/c7-3-5-1-2-6(5)4-8/h5-6H,1-4,7-8H2/t5-,6-/m0/s1. The van der Waals surface area contributed by atoms with Gasteiger partial charge in [0.25, 0.3) is 0 Å². The minimum atomic E-state index is 0.750. The minimum absolute atomic E-state index is 0.750. The molecule has 8 heavy (non-hydrogen) atoms. The second-order valence-corrected chi connectivity index (χ2v) is 2.57. The van der Waals surface area contributed by atoms with E-state index in [1.54, 1.807) is 0 Å². The van der Waals surface area contributed by atoms with Crippen molar-refractivity contribution in [2.45, 2.75) is 12.8 Å². The molecular formula is C6H14N2. The summed E-state index contributed by atoms with van der Waals surface area (Å²) in [6.07, 6.45) is 2.61. The van der Waals surface area contributed by atoms with Crippen molar-refractivity contribution in [1.82, 2.24) is 0 Å². The first kappa shape index (κ1) is 6.05. The molecule has 4 N–H and O–H groups in total. The van der Waals surface area contributed by atoms with Crippen molar-refractivity contribution < 1.29 is 0 Å². The van der Waals surface area contributed by atoms with E-state index >= 15 is 0 Å². The van der Waals surface area contributed by atoms with Crippen LogP contribution in [0.25, 0.3) is 0 Å². The molecule has 0 aliphatic heterocycles. The zero-order valence-electron chi connectivity index (χ0n) is 5.14. The summed E-state index contributed by atoms with van der Waals surface area (Å²) in [5, 5.41) is 0. The van der Waals surface area contributed by atoms with Gasteiger partial charge in [0.1, 0.15) is 0 Å².